The summed E-state index contributed by atoms with van der Waals surface area (Å²) in [5, 5.41) is 12.3. The van der Waals surface area contributed by atoms with Gasteiger partial charge in [0.25, 0.3) is 5.91 Å². The number of carboxylic acid groups (broad SMARTS) is 1. The van der Waals surface area contributed by atoms with E-state index in [1.165, 1.54) is 0 Å². The van der Waals surface area contributed by atoms with Crippen LogP contribution in [0.15, 0.2) is 24.3 Å². The maximum atomic E-state index is 12.4. The van der Waals surface area contributed by atoms with Crippen LogP contribution in [0.2, 0.25) is 5.02 Å². The number of amides is 1. The van der Waals surface area contributed by atoms with Gasteiger partial charge in [-0.25, -0.2) is 4.79 Å². The summed E-state index contributed by atoms with van der Waals surface area (Å²) in [4.78, 5) is 23.6. The molecule has 2 N–H and O–H groups in total. The van der Waals surface area contributed by atoms with E-state index in [0.29, 0.717) is 22.9 Å². The molecule has 0 aliphatic heterocycles. The quantitative estimate of drug-likeness (QED) is 0.662. The van der Waals surface area contributed by atoms with Crippen LogP contribution in [0.5, 0.6) is 5.75 Å². The highest BCUT2D eigenvalue weighted by Crippen LogP contribution is 2.21. The molecule has 0 aliphatic rings. The lowest BCUT2D eigenvalue weighted by atomic mass is 10.1. The summed E-state index contributed by atoms with van der Waals surface area (Å²) in [7, 11) is 0. The van der Waals surface area contributed by atoms with Crippen molar-refractivity contribution in [1.82, 2.24) is 5.32 Å². The van der Waals surface area contributed by atoms with Crippen LogP contribution < -0.4 is 10.1 Å². The third kappa shape index (κ3) is 6.71. The summed E-state index contributed by atoms with van der Waals surface area (Å²) >= 11 is 7.44. The highest BCUT2D eigenvalue weighted by Gasteiger charge is 2.33. The molecule has 1 aromatic rings. The number of ether oxygens (including phenoxy) is 1. The van der Waals surface area contributed by atoms with E-state index in [9.17, 15) is 14.7 Å². The standard InChI is InChI=1S/C16H22ClNO4S/c1-4-23-10-9-13(14(19)20)18-15(21)16(2,3)22-12-7-5-11(17)6-8-12/h5-8,13H,4,9-10H2,1-3H3,(H,18,21)(H,19,20). The molecule has 1 atom stereocenters. The third-order valence-electron chi connectivity index (χ3n) is 3.09. The van der Waals surface area contributed by atoms with Gasteiger partial charge in [-0.1, -0.05) is 18.5 Å². The minimum atomic E-state index is -1.20. The summed E-state index contributed by atoms with van der Waals surface area (Å²) in [6.07, 6.45) is 0.372. The van der Waals surface area contributed by atoms with Crippen LogP contribution in [0.1, 0.15) is 27.2 Å². The number of rotatable bonds is 9. The molecule has 0 bridgehead atoms. The van der Waals surface area contributed by atoms with E-state index in [4.69, 9.17) is 16.3 Å². The Morgan fingerprint density at radius 2 is 1.96 bits per heavy atom. The van der Waals surface area contributed by atoms with Gasteiger partial charge in [0.2, 0.25) is 0 Å². The first-order valence-electron chi connectivity index (χ1n) is 7.32. The average molecular weight is 360 g/mol. The number of thioether (sulfide) groups is 1. The van der Waals surface area contributed by atoms with Crippen molar-refractivity contribution in [3.05, 3.63) is 29.3 Å². The Balaban J connectivity index is 2.68. The number of halogens is 1. The van der Waals surface area contributed by atoms with Gasteiger partial charge in [0.15, 0.2) is 5.60 Å². The number of hydrogen-bond donors (Lipinski definition) is 2. The molecular formula is C16H22ClNO4S. The molecule has 1 unspecified atom stereocenters. The van der Waals surface area contributed by atoms with Crippen LogP contribution in [-0.4, -0.2) is 40.1 Å². The summed E-state index contributed by atoms with van der Waals surface area (Å²) in [5.74, 6) is 0.555. The largest absolute Gasteiger partial charge is 0.480 e. The normalized spacial score (nSPS) is 12.5. The lowest BCUT2D eigenvalue weighted by molar-refractivity contribution is -0.145. The topological polar surface area (TPSA) is 75.6 Å². The van der Waals surface area contributed by atoms with Crippen LogP contribution in [0, 0.1) is 0 Å². The summed E-state index contributed by atoms with van der Waals surface area (Å²) in [6.45, 7) is 5.19. The van der Waals surface area contributed by atoms with Gasteiger partial charge < -0.3 is 15.2 Å². The average Bonchev–Trinajstić information content (AvgIpc) is 2.48. The summed E-state index contributed by atoms with van der Waals surface area (Å²) in [6, 6.07) is 5.71. The highest BCUT2D eigenvalue weighted by molar-refractivity contribution is 7.99. The maximum absolute atomic E-state index is 12.4. The van der Waals surface area contributed by atoms with Crippen molar-refractivity contribution in [2.75, 3.05) is 11.5 Å². The van der Waals surface area contributed by atoms with Gasteiger partial charge in [0.1, 0.15) is 11.8 Å². The lowest BCUT2D eigenvalue weighted by Crippen LogP contribution is -2.52. The van der Waals surface area contributed by atoms with Gasteiger partial charge in [-0.15, -0.1) is 0 Å². The molecule has 0 aromatic heterocycles. The molecule has 1 rings (SSSR count). The Morgan fingerprint density at radius 3 is 2.48 bits per heavy atom. The predicted octanol–water partition coefficient (Wildman–Crippen LogP) is 3.21. The fourth-order valence-electron chi connectivity index (χ4n) is 1.78. The van der Waals surface area contributed by atoms with Crippen LogP contribution in [-0.2, 0) is 9.59 Å². The van der Waals surface area contributed by atoms with Crippen LogP contribution in [0.4, 0.5) is 0 Å². The lowest BCUT2D eigenvalue weighted by Gasteiger charge is -2.27. The van der Waals surface area contributed by atoms with E-state index in [0.717, 1.165) is 5.75 Å². The van der Waals surface area contributed by atoms with E-state index in [2.05, 4.69) is 5.32 Å². The fourth-order valence-corrected chi connectivity index (χ4v) is 2.60. The van der Waals surface area contributed by atoms with Crippen molar-refractivity contribution in [3.63, 3.8) is 0 Å². The Labute approximate surface area is 145 Å². The molecule has 0 aliphatic carbocycles. The zero-order chi connectivity index (χ0) is 17.5. The molecular weight excluding hydrogens is 338 g/mol. The number of carboxylic acids is 1. The molecule has 23 heavy (non-hydrogen) atoms. The smallest absolute Gasteiger partial charge is 0.326 e. The molecule has 5 nitrogen and oxygen atoms in total. The molecule has 0 saturated heterocycles. The number of carbonyl (C=O) groups excluding carboxylic acids is 1. The van der Waals surface area contributed by atoms with Crippen LogP contribution in [0.25, 0.3) is 0 Å². The minimum Gasteiger partial charge on any atom is -0.480 e. The van der Waals surface area contributed by atoms with Crippen LogP contribution in [0.3, 0.4) is 0 Å². The number of aliphatic carboxylic acids is 1. The van der Waals surface area contributed by atoms with Crippen molar-refractivity contribution in [1.29, 1.82) is 0 Å². The van der Waals surface area contributed by atoms with Crippen molar-refractivity contribution in [2.24, 2.45) is 0 Å². The van der Waals surface area contributed by atoms with E-state index < -0.39 is 23.5 Å². The summed E-state index contributed by atoms with van der Waals surface area (Å²) < 4.78 is 5.66. The second kappa shape index (κ2) is 9.03. The van der Waals surface area contributed by atoms with Crippen molar-refractivity contribution in [2.45, 2.75) is 38.8 Å². The fraction of sp³-hybridized carbons (Fsp3) is 0.500. The first-order valence-corrected chi connectivity index (χ1v) is 8.85. The molecule has 1 aromatic carbocycles. The highest BCUT2D eigenvalue weighted by atomic mass is 35.5. The second-order valence-electron chi connectivity index (χ2n) is 5.42. The zero-order valence-electron chi connectivity index (χ0n) is 13.5. The molecule has 0 fully saturated rings. The number of hydrogen-bond acceptors (Lipinski definition) is 4. The Kier molecular flexibility index (Phi) is 7.72. The Hall–Kier alpha value is -1.40. The number of nitrogens with one attached hydrogen (secondary N) is 1. The van der Waals surface area contributed by atoms with Crippen LogP contribution >= 0.6 is 23.4 Å². The van der Waals surface area contributed by atoms with Crippen molar-refractivity contribution < 1.29 is 19.4 Å². The van der Waals surface area contributed by atoms with Gasteiger partial charge in [-0.2, -0.15) is 11.8 Å². The van der Waals surface area contributed by atoms with Gasteiger partial charge in [-0.3, -0.25) is 4.79 Å². The predicted molar refractivity (Wildman–Crippen MR) is 93.3 cm³/mol. The third-order valence-corrected chi connectivity index (χ3v) is 4.28. The molecule has 0 saturated carbocycles. The van der Waals surface area contributed by atoms with E-state index >= 15 is 0 Å². The molecule has 7 heteroatoms. The van der Waals surface area contributed by atoms with E-state index in [-0.39, 0.29) is 0 Å². The molecule has 0 radical (unpaired) electrons. The first kappa shape index (κ1) is 19.6. The molecule has 0 heterocycles. The van der Waals surface area contributed by atoms with Gasteiger partial charge >= 0.3 is 5.97 Å². The minimum absolute atomic E-state index is 0.372. The second-order valence-corrected chi connectivity index (χ2v) is 7.25. The maximum Gasteiger partial charge on any atom is 0.326 e. The number of carbonyl (C=O) groups is 2. The van der Waals surface area contributed by atoms with Gasteiger partial charge in [0.05, 0.1) is 0 Å². The SMILES string of the molecule is CCSCCC(NC(=O)C(C)(C)Oc1ccc(Cl)cc1)C(=O)O. The molecule has 0 spiro atoms. The van der Waals surface area contributed by atoms with Gasteiger partial charge in [0, 0.05) is 5.02 Å². The molecule has 128 valence electrons. The molecule has 1 amide bonds. The first-order chi connectivity index (χ1) is 10.8. The van der Waals surface area contributed by atoms with Crippen molar-refractivity contribution >= 4 is 35.2 Å². The Morgan fingerprint density at radius 1 is 1.35 bits per heavy atom. The number of benzene rings is 1. The zero-order valence-corrected chi connectivity index (χ0v) is 15.0. The monoisotopic (exact) mass is 359 g/mol. The van der Waals surface area contributed by atoms with Gasteiger partial charge in [-0.05, 0) is 56.0 Å². The Bertz CT molecular complexity index is 533. The van der Waals surface area contributed by atoms with Crippen molar-refractivity contribution in [3.8, 4) is 5.75 Å². The van der Waals surface area contributed by atoms with E-state index in [1.807, 2.05) is 6.92 Å². The van der Waals surface area contributed by atoms with E-state index in [1.54, 1.807) is 49.9 Å². The summed E-state index contributed by atoms with van der Waals surface area (Å²) in [5.41, 5.74) is -1.20.